The van der Waals surface area contributed by atoms with Gasteiger partial charge in [-0.15, -0.1) is 0 Å². The highest BCUT2D eigenvalue weighted by Crippen LogP contribution is 2.27. The molecule has 2 rings (SSSR count). The van der Waals surface area contributed by atoms with Gasteiger partial charge in [0.2, 0.25) is 0 Å². The van der Waals surface area contributed by atoms with E-state index >= 15 is 0 Å². The Morgan fingerprint density at radius 3 is 2.53 bits per heavy atom. The fourth-order valence-corrected chi connectivity index (χ4v) is 1.78. The predicted octanol–water partition coefficient (Wildman–Crippen LogP) is 3.05. The number of methoxy groups -OCH3 is 1. The number of fused-ring (bicyclic) bond motifs is 1. The summed E-state index contributed by atoms with van der Waals surface area (Å²) in [7, 11) is 1.58. The minimum absolute atomic E-state index is 0.0312. The minimum atomic E-state index is 0.0312. The summed E-state index contributed by atoms with van der Waals surface area (Å²) < 4.78 is 5.19. The van der Waals surface area contributed by atoms with Crippen molar-refractivity contribution in [2.24, 2.45) is 0 Å². The lowest BCUT2D eigenvalue weighted by molar-refractivity contribution is 0.101. The summed E-state index contributed by atoms with van der Waals surface area (Å²) in [4.78, 5) is 11.6. The van der Waals surface area contributed by atoms with Crippen molar-refractivity contribution < 1.29 is 9.53 Å². The molecule has 0 aromatic heterocycles. The maximum Gasteiger partial charge on any atom is 0.164 e. The van der Waals surface area contributed by atoms with Crippen LogP contribution < -0.4 is 4.74 Å². The molecule has 2 aromatic rings. The molecule has 0 spiro atoms. The Hall–Kier alpha value is -1.83. The second kappa shape index (κ2) is 3.73. The van der Waals surface area contributed by atoms with E-state index in [1.807, 2.05) is 36.4 Å². The summed E-state index contributed by atoms with van der Waals surface area (Å²) in [5.41, 5.74) is 0.663. The molecule has 0 unspecified atom stereocenters. The summed E-state index contributed by atoms with van der Waals surface area (Å²) in [6.07, 6.45) is 0. The monoisotopic (exact) mass is 200 g/mol. The highest BCUT2D eigenvalue weighted by atomic mass is 16.5. The molecule has 0 N–H and O–H groups in total. The van der Waals surface area contributed by atoms with Gasteiger partial charge in [-0.3, -0.25) is 4.79 Å². The minimum Gasteiger partial charge on any atom is -0.496 e. The number of benzene rings is 2. The molecule has 0 radical (unpaired) electrons. The summed E-state index contributed by atoms with van der Waals surface area (Å²) in [5, 5.41) is 2.01. The van der Waals surface area contributed by atoms with Gasteiger partial charge < -0.3 is 4.74 Å². The van der Waals surface area contributed by atoms with Crippen molar-refractivity contribution in [3.63, 3.8) is 0 Å². The number of carbonyl (C=O) groups excluding carboxylic acids is 1. The number of Topliss-reactive ketones (excluding diaryl/α,β-unsaturated/α-hetero) is 1. The summed E-state index contributed by atoms with van der Waals surface area (Å²) in [5.74, 6) is 0.671. The zero-order valence-electron chi connectivity index (χ0n) is 8.78. The van der Waals surface area contributed by atoms with Crippen LogP contribution in [0.1, 0.15) is 17.3 Å². The second-order valence-electron chi connectivity index (χ2n) is 3.42. The first-order valence-electron chi connectivity index (χ1n) is 4.80. The van der Waals surface area contributed by atoms with Gasteiger partial charge in [0.1, 0.15) is 5.75 Å². The molecule has 0 amide bonds. The van der Waals surface area contributed by atoms with Crippen molar-refractivity contribution in [3.05, 3.63) is 42.0 Å². The Kier molecular flexibility index (Phi) is 2.42. The van der Waals surface area contributed by atoms with E-state index in [4.69, 9.17) is 4.74 Å². The molecule has 2 heteroatoms. The first kappa shape index (κ1) is 9.71. The van der Waals surface area contributed by atoms with Crippen LogP contribution in [0.5, 0.6) is 5.75 Å². The number of ketones is 1. The van der Waals surface area contributed by atoms with E-state index in [0.717, 1.165) is 10.8 Å². The van der Waals surface area contributed by atoms with Crippen LogP contribution in [-0.4, -0.2) is 12.9 Å². The Labute approximate surface area is 88.5 Å². The Bertz CT molecular complexity index is 515. The maximum atomic E-state index is 11.6. The number of rotatable bonds is 2. The van der Waals surface area contributed by atoms with Gasteiger partial charge in [-0.25, -0.2) is 0 Å². The van der Waals surface area contributed by atoms with E-state index in [9.17, 15) is 4.79 Å². The van der Waals surface area contributed by atoms with Crippen LogP contribution >= 0.6 is 0 Å². The van der Waals surface area contributed by atoms with Crippen molar-refractivity contribution >= 4 is 16.6 Å². The van der Waals surface area contributed by atoms with Gasteiger partial charge in [-0.05, 0) is 23.8 Å². The molecule has 0 saturated carbocycles. The molecule has 0 aliphatic carbocycles. The van der Waals surface area contributed by atoms with Gasteiger partial charge in [-0.1, -0.05) is 30.3 Å². The highest BCUT2D eigenvalue weighted by Gasteiger charge is 2.11. The summed E-state index contributed by atoms with van der Waals surface area (Å²) in [6, 6.07) is 11.6. The normalized spacial score (nSPS) is 10.3. The van der Waals surface area contributed by atoms with Crippen molar-refractivity contribution in [2.75, 3.05) is 7.11 Å². The van der Waals surface area contributed by atoms with Gasteiger partial charge in [-0.2, -0.15) is 0 Å². The molecule has 0 fully saturated rings. The Balaban J connectivity index is 2.85. The van der Waals surface area contributed by atoms with Crippen LogP contribution in [0, 0.1) is 0 Å². The molecule has 0 atom stereocenters. The van der Waals surface area contributed by atoms with Crippen LogP contribution in [0.25, 0.3) is 10.8 Å². The van der Waals surface area contributed by atoms with Gasteiger partial charge in [0.05, 0.1) is 12.7 Å². The lowest BCUT2D eigenvalue weighted by Crippen LogP contribution is -1.98. The molecule has 0 aliphatic rings. The average molecular weight is 200 g/mol. The highest BCUT2D eigenvalue weighted by molar-refractivity contribution is 6.09. The Morgan fingerprint density at radius 2 is 1.87 bits per heavy atom. The molecular formula is C13H12O2. The zero-order valence-corrected chi connectivity index (χ0v) is 8.78. The van der Waals surface area contributed by atoms with Crippen LogP contribution in [0.15, 0.2) is 36.4 Å². The van der Waals surface area contributed by atoms with E-state index in [2.05, 4.69) is 0 Å². The Morgan fingerprint density at radius 1 is 1.13 bits per heavy atom. The fraction of sp³-hybridized carbons (Fsp3) is 0.154. The van der Waals surface area contributed by atoms with Gasteiger partial charge in [0.15, 0.2) is 5.78 Å². The van der Waals surface area contributed by atoms with E-state index in [0.29, 0.717) is 11.3 Å². The second-order valence-corrected chi connectivity index (χ2v) is 3.42. The lowest BCUT2D eigenvalue weighted by Gasteiger charge is -2.08. The molecular weight excluding hydrogens is 188 g/mol. The number of ether oxygens (including phenoxy) is 1. The smallest absolute Gasteiger partial charge is 0.164 e. The molecule has 0 bridgehead atoms. The quantitative estimate of drug-likeness (QED) is 0.696. The average Bonchev–Trinajstić information content (AvgIpc) is 2.27. The molecule has 0 saturated heterocycles. The van der Waals surface area contributed by atoms with E-state index in [1.54, 1.807) is 14.0 Å². The standard InChI is InChI=1S/C13H12O2/c1-9(14)13-11-6-4-3-5-10(11)7-8-12(13)15-2/h3-8H,1-2H3. The number of carbonyl (C=O) groups is 1. The largest absolute Gasteiger partial charge is 0.496 e. The fourth-order valence-electron chi connectivity index (χ4n) is 1.78. The van der Waals surface area contributed by atoms with Crippen molar-refractivity contribution in [2.45, 2.75) is 6.92 Å². The summed E-state index contributed by atoms with van der Waals surface area (Å²) >= 11 is 0. The van der Waals surface area contributed by atoms with E-state index in [-0.39, 0.29) is 5.78 Å². The molecule has 0 heterocycles. The number of hydrogen-bond acceptors (Lipinski definition) is 2. The van der Waals surface area contributed by atoms with Crippen LogP contribution in [0.2, 0.25) is 0 Å². The third-order valence-electron chi connectivity index (χ3n) is 2.46. The predicted molar refractivity (Wildman–Crippen MR) is 60.5 cm³/mol. The maximum absolute atomic E-state index is 11.6. The topological polar surface area (TPSA) is 26.3 Å². The van der Waals surface area contributed by atoms with Crippen molar-refractivity contribution in [1.29, 1.82) is 0 Å². The van der Waals surface area contributed by atoms with Gasteiger partial charge >= 0.3 is 0 Å². The SMILES string of the molecule is COc1ccc2ccccc2c1C(C)=O. The molecule has 15 heavy (non-hydrogen) atoms. The number of hydrogen-bond donors (Lipinski definition) is 0. The third kappa shape index (κ3) is 1.59. The first-order valence-corrected chi connectivity index (χ1v) is 4.80. The molecule has 0 aliphatic heterocycles. The van der Waals surface area contributed by atoms with Crippen molar-refractivity contribution in [1.82, 2.24) is 0 Å². The van der Waals surface area contributed by atoms with Crippen LogP contribution in [0.3, 0.4) is 0 Å². The first-order chi connectivity index (χ1) is 7.24. The van der Waals surface area contributed by atoms with Gasteiger partial charge in [0, 0.05) is 0 Å². The molecule has 2 nitrogen and oxygen atoms in total. The molecule has 2 aromatic carbocycles. The van der Waals surface area contributed by atoms with Crippen LogP contribution in [0.4, 0.5) is 0 Å². The third-order valence-corrected chi connectivity index (χ3v) is 2.46. The van der Waals surface area contributed by atoms with E-state index < -0.39 is 0 Å². The van der Waals surface area contributed by atoms with Crippen LogP contribution in [-0.2, 0) is 0 Å². The molecule has 76 valence electrons. The van der Waals surface area contributed by atoms with Gasteiger partial charge in [0.25, 0.3) is 0 Å². The lowest BCUT2D eigenvalue weighted by atomic mass is 10.0. The van der Waals surface area contributed by atoms with E-state index in [1.165, 1.54) is 0 Å². The summed E-state index contributed by atoms with van der Waals surface area (Å²) in [6.45, 7) is 1.56. The zero-order chi connectivity index (χ0) is 10.8. The van der Waals surface area contributed by atoms with Crippen molar-refractivity contribution in [3.8, 4) is 5.75 Å².